The number of hydrogen-bond acceptors (Lipinski definition) is 6. The van der Waals surface area contributed by atoms with E-state index in [1.807, 2.05) is 31.3 Å². The Morgan fingerprint density at radius 3 is 2.28 bits per heavy atom. The Morgan fingerprint density at radius 2 is 1.64 bits per heavy atom. The van der Waals surface area contributed by atoms with E-state index in [2.05, 4.69) is 27.0 Å². The maximum absolute atomic E-state index is 5.53. The highest BCUT2D eigenvalue weighted by atomic mass is 16.5. The summed E-state index contributed by atoms with van der Waals surface area (Å²) in [6.45, 7) is 0.726. The molecule has 0 bridgehead atoms. The molecule has 0 saturated carbocycles. The molecule has 130 valence electrons. The molecule has 0 amide bonds. The first-order valence-electron chi connectivity index (χ1n) is 7.88. The molecule has 25 heavy (non-hydrogen) atoms. The zero-order valence-electron chi connectivity index (χ0n) is 14.8. The molecule has 0 aliphatic heterocycles. The van der Waals surface area contributed by atoms with Crippen molar-refractivity contribution < 1.29 is 14.2 Å². The van der Waals surface area contributed by atoms with Gasteiger partial charge in [-0.2, -0.15) is 0 Å². The number of fused-ring (bicyclic) bond motifs is 1. The highest BCUT2D eigenvalue weighted by Gasteiger charge is 2.20. The van der Waals surface area contributed by atoms with Crippen molar-refractivity contribution in [1.82, 2.24) is 9.97 Å². The average molecular weight is 339 g/mol. The summed E-state index contributed by atoms with van der Waals surface area (Å²) in [4.78, 5) is 10.9. The summed E-state index contributed by atoms with van der Waals surface area (Å²) < 4.78 is 16.4. The van der Waals surface area contributed by atoms with Crippen molar-refractivity contribution in [2.24, 2.45) is 0 Å². The highest BCUT2D eigenvalue weighted by molar-refractivity contribution is 5.96. The Bertz CT molecular complexity index is 869. The monoisotopic (exact) mass is 339 g/mol. The second kappa shape index (κ2) is 7.25. The Kier molecular flexibility index (Phi) is 4.88. The summed E-state index contributed by atoms with van der Waals surface area (Å²) in [6.07, 6.45) is 1.54. The second-order valence-electron chi connectivity index (χ2n) is 5.58. The topological polar surface area (TPSA) is 56.7 Å². The number of nitrogens with zero attached hydrogens (tertiary/aromatic N) is 3. The normalized spacial score (nSPS) is 10.6. The zero-order chi connectivity index (χ0) is 17.8. The van der Waals surface area contributed by atoms with Crippen LogP contribution in [-0.4, -0.2) is 38.3 Å². The maximum Gasteiger partial charge on any atom is 0.205 e. The first-order valence-corrected chi connectivity index (χ1v) is 7.88. The third-order valence-electron chi connectivity index (χ3n) is 4.04. The van der Waals surface area contributed by atoms with E-state index in [4.69, 9.17) is 14.2 Å². The second-order valence-corrected chi connectivity index (χ2v) is 5.58. The van der Waals surface area contributed by atoms with Crippen LogP contribution in [-0.2, 0) is 6.54 Å². The summed E-state index contributed by atoms with van der Waals surface area (Å²) in [7, 11) is 6.76. The van der Waals surface area contributed by atoms with Crippen LogP contribution >= 0.6 is 0 Å². The molecule has 1 aromatic heterocycles. The number of rotatable bonds is 6. The third kappa shape index (κ3) is 3.15. The van der Waals surface area contributed by atoms with E-state index >= 15 is 0 Å². The van der Waals surface area contributed by atoms with Gasteiger partial charge in [-0.15, -0.1) is 0 Å². The summed E-state index contributed by atoms with van der Waals surface area (Å²) >= 11 is 0. The number of aromatic nitrogens is 2. The SMILES string of the molecule is COc1cc2c(N(C)Cc3ccccc3)ncnc2c(OC)c1OC. The van der Waals surface area contributed by atoms with Crippen molar-refractivity contribution in [3.05, 3.63) is 48.3 Å². The minimum absolute atomic E-state index is 0.521. The van der Waals surface area contributed by atoms with Crippen LogP contribution in [0.1, 0.15) is 5.56 Å². The molecule has 1 heterocycles. The van der Waals surface area contributed by atoms with Gasteiger partial charge in [0.05, 0.1) is 26.7 Å². The van der Waals surface area contributed by atoms with Crippen LogP contribution < -0.4 is 19.1 Å². The molecular weight excluding hydrogens is 318 g/mol. The lowest BCUT2D eigenvalue weighted by Crippen LogP contribution is -2.18. The summed E-state index contributed by atoms with van der Waals surface area (Å²) in [6, 6.07) is 12.1. The molecule has 0 atom stereocenters. The fourth-order valence-corrected chi connectivity index (χ4v) is 2.89. The molecule has 0 aliphatic carbocycles. The minimum Gasteiger partial charge on any atom is -0.493 e. The van der Waals surface area contributed by atoms with Gasteiger partial charge in [0.1, 0.15) is 17.7 Å². The maximum atomic E-state index is 5.53. The molecule has 6 heteroatoms. The molecule has 0 saturated heterocycles. The van der Waals surface area contributed by atoms with Gasteiger partial charge in [-0.1, -0.05) is 30.3 Å². The lowest BCUT2D eigenvalue weighted by Gasteiger charge is -2.21. The Labute approximate surface area is 147 Å². The fraction of sp³-hybridized carbons (Fsp3) is 0.263. The third-order valence-corrected chi connectivity index (χ3v) is 4.04. The molecule has 2 aromatic carbocycles. The summed E-state index contributed by atoms with van der Waals surface area (Å²) in [5, 5.41) is 0.843. The standard InChI is InChI=1S/C19H21N3O3/c1-22(11-13-8-6-5-7-9-13)19-14-10-15(23-2)17(24-3)18(25-4)16(14)20-12-21-19/h5-10,12H,11H2,1-4H3. The van der Waals surface area contributed by atoms with Crippen LogP contribution in [0.5, 0.6) is 17.2 Å². The van der Waals surface area contributed by atoms with E-state index in [-0.39, 0.29) is 0 Å². The van der Waals surface area contributed by atoms with Crippen molar-refractivity contribution >= 4 is 16.7 Å². The quantitative estimate of drug-likeness (QED) is 0.687. The molecule has 0 N–H and O–H groups in total. The summed E-state index contributed by atoms with van der Waals surface area (Å²) in [5.74, 6) is 2.44. The van der Waals surface area contributed by atoms with Crippen molar-refractivity contribution in [2.45, 2.75) is 6.54 Å². The first kappa shape index (κ1) is 16.8. The molecule has 0 spiro atoms. The lowest BCUT2D eigenvalue weighted by molar-refractivity contribution is 0.327. The minimum atomic E-state index is 0.521. The van der Waals surface area contributed by atoms with Crippen LogP contribution in [0.2, 0.25) is 0 Å². The Morgan fingerprint density at radius 1 is 0.920 bits per heavy atom. The van der Waals surface area contributed by atoms with Gasteiger partial charge in [0.15, 0.2) is 11.5 Å². The van der Waals surface area contributed by atoms with Crippen LogP contribution in [0.15, 0.2) is 42.7 Å². The smallest absolute Gasteiger partial charge is 0.205 e. The number of ether oxygens (including phenoxy) is 3. The van der Waals surface area contributed by atoms with Crippen LogP contribution in [0.3, 0.4) is 0 Å². The van der Waals surface area contributed by atoms with Gasteiger partial charge in [0.25, 0.3) is 0 Å². The van der Waals surface area contributed by atoms with E-state index in [1.54, 1.807) is 21.3 Å². The molecule has 3 rings (SSSR count). The van der Waals surface area contributed by atoms with Gasteiger partial charge in [-0.25, -0.2) is 9.97 Å². The molecule has 6 nitrogen and oxygen atoms in total. The number of methoxy groups -OCH3 is 3. The van der Waals surface area contributed by atoms with E-state index < -0.39 is 0 Å². The molecule has 3 aromatic rings. The zero-order valence-corrected chi connectivity index (χ0v) is 14.8. The average Bonchev–Trinajstić information content (AvgIpc) is 2.66. The van der Waals surface area contributed by atoms with Crippen molar-refractivity contribution in [2.75, 3.05) is 33.3 Å². The van der Waals surface area contributed by atoms with E-state index in [1.165, 1.54) is 11.9 Å². The molecular formula is C19H21N3O3. The Hall–Kier alpha value is -3.02. The van der Waals surface area contributed by atoms with E-state index in [9.17, 15) is 0 Å². The fourth-order valence-electron chi connectivity index (χ4n) is 2.89. The summed E-state index contributed by atoms with van der Waals surface area (Å²) in [5.41, 5.74) is 1.88. The number of hydrogen-bond donors (Lipinski definition) is 0. The predicted octanol–water partition coefficient (Wildman–Crippen LogP) is 3.29. The van der Waals surface area contributed by atoms with Crippen molar-refractivity contribution in [3.63, 3.8) is 0 Å². The van der Waals surface area contributed by atoms with Gasteiger partial charge in [0.2, 0.25) is 5.75 Å². The predicted molar refractivity (Wildman–Crippen MR) is 97.7 cm³/mol. The van der Waals surface area contributed by atoms with Crippen molar-refractivity contribution in [1.29, 1.82) is 0 Å². The van der Waals surface area contributed by atoms with E-state index in [0.29, 0.717) is 22.8 Å². The van der Waals surface area contributed by atoms with Gasteiger partial charge in [0, 0.05) is 13.6 Å². The van der Waals surface area contributed by atoms with E-state index in [0.717, 1.165) is 17.7 Å². The Balaban J connectivity index is 2.13. The van der Waals surface area contributed by atoms with Gasteiger partial charge in [-0.05, 0) is 11.6 Å². The first-order chi connectivity index (χ1) is 12.2. The van der Waals surface area contributed by atoms with Gasteiger partial charge >= 0.3 is 0 Å². The highest BCUT2D eigenvalue weighted by Crippen LogP contribution is 2.44. The number of benzene rings is 2. The van der Waals surface area contributed by atoms with Crippen molar-refractivity contribution in [3.8, 4) is 17.2 Å². The van der Waals surface area contributed by atoms with Gasteiger partial charge < -0.3 is 19.1 Å². The van der Waals surface area contributed by atoms with Crippen LogP contribution in [0.4, 0.5) is 5.82 Å². The van der Waals surface area contributed by atoms with Gasteiger partial charge in [-0.3, -0.25) is 0 Å². The molecule has 0 aliphatic rings. The van der Waals surface area contributed by atoms with Crippen LogP contribution in [0, 0.1) is 0 Å². The molecule has 0 radical (unpaired) electrons. The number of anilines is 1. The molecule has 0 unspecified atom stereocenters. The largest absolute Gasteiger partial charge is 0.493 e. The van der Waals surface area contributed by atoms with Crippen LogP contribution in [0.25, 0.3) is 10.9 Å². The molecule has 0 fully saturated rings. The lowest BCUT2D eigenvalue weighted by atomic mass is 10.1.